The highest BCUT2D eigenvalue weighted by atomic mass is 16.5. The molecular formula is C17H24N2O5. The number of aliphatic carboxylic acids is 1. The summed E-state index contributed by atoms with van der Waals surface area (Å²) < 4.78 is 5.32. The van der Waals surface area contributed by atoms with Crippen molar-refractivity contribution in [3.8, 4) is 5.75 Å². The molecule has 0 aliphatic carbocycles. The Bertz CT molecular complexity index is 588. The van der Waals surface area contributed by atoms with Gasteiger partial charge in [-0.3, -0.25) is 9.59 Å². The zero-order valence-corrected chi connectivity index (χ0v) is 14.2. The van der Waals surface area contributed by atoms with E-state index in [1.807, 2.05) is 6.92 Å². The van der Waals surface area contributed by atoms with Gasteiger partial charge in [0.15, 0.2) is 6.61 Å². The molecule has 0 bridgehead atoms. The van der Waals surface area contributed by atoms with Gasteiger partial charge in [-0.15, -0.1) is 0 Å². The summed E-state index contributed by atoms with van der Waals surface area (Å²) in [5.74, 6) is -1.35. The summed E-state index contributed by atoms with van der Waals surface area (Å²) in [4.78, 5) is 34.5. The number of hydrogen-bond acceptors (Lipinski definition) is 4. The van der Waals surface area contributed by atoms with E-state index >= 15 is 0 Å². The molecule has 1 aromatic rings. The fourth-order valence-electron chi connectivity index (χ4n) is 2.06. The van der Waals surface area contributed by atoms with E-state index in [-0.39, 0.29) is 30.8 Å². The van der Waals surface area contributed by atoms with Crippen molar-refractivity contribution in [3.05, 3.63) is 29.8 Å². The molecule has 3 N–H and O–H groups in total. The molecule has 2 amide bonds. The number of ether oxygens (including phenoxy) is 1. The Morgan fingerprint density at radius 2 is 1.96 bits per heavy atom. The van der Waals surface area contributed by atoms with E-state index in [4.69, 9.17) is 4.74 Å². The van der Waals surface area contributed by atoms with Crippen LogP contribution in [0.25, 0.3) is 0 Å². The van der Waals surface area contributed by atoms with Crippen LogP contribution in [-0.2, 0) is 20.8 Å². The summed E-state index contributed by atoms with van der Waals surface area (Å²) in [6.45, 7) is 3.55. The molecule has 0 aliphatic heterocycles. The lowest BCUT2D eigenvalue weighted by molar-refractivity contribution is -0.143. The minimum absolute atomic E-state index is 0.0391. The van der Waals surface area contributed by atoms with Gasteiger partial charge in [-0.25, -0.2) is 4.79 Å². The summed E-state index contributed by atoms with van der Waals surface area (Å²) >= 11 is 0. The van der Waals surface area contributed by atoms with E-state index < -0.39 is 12.0 Å². The summed E-state index contributed by atoms with van der Waals surface area (Å²) in [7, 11) is 1.52. The Morgan fingerprint density at radius 3 is 2.54 bits per heavy atom. The van der Waals surface area contributed by atoms with E-state index in [0.717, 1.165) is 0 Å². The smallest absolute Gasteiger partial charge is 0.326 e. The molecule has 0 fully saturated rings. The summed E-state index contributed by atoms with van der Waals surface area (Å²) in [5.41, 5.74) is 0.676. The first-order valence-electron chi connectivity index (χ1n) is 7.81. The van der Waals surface area contributed by atoms with Crippen molar-refractivity contribution < 1.29 is 24.2 Å². The number of likely N-dealkylation sites (N-methyl/N-ethyl adjacent to an activating group) is 1. The van der Waals surface area contributed by atoms with E-state index in [9.17, 15) is 19.5 Å². The highest BCUT2D eigenvalue weighted by Crippen LogP contribution is 2.14. The van der Waals surface area contributed by atoms with Crippen LogP contribution in [0.5, 0.6) is 5.75 Å². The van der Waals surface area contributed by atoms with Crippen molar-refractivity contribution >= 4 is 17.8 Å². The molecule has 0 unspecified atom stereocenters. The van der Waals surface area contributed by atoms with Gasteiger partial charge in [0.2, 0.25) is 5.91 Å². The Morgan fingerprint density at radius 1 is 1.25 bits per heavy atom. The van der Waals surface area contributed by atoms with Crippen molar-refractivity contribution in [2.45, 2.75) is 32.7 Å². The second-order valence-electron chi connectivity index (χ2n) is 5.55. The van der Waals surface area contributed by atoms with E-state index in [2.05, 4.69) is 10.6 Å². The normalized spacial score (nSPS) is 12.8. The molecule has 0 radical (unpaired) electrons. The molecule has 24 heavy (non-hydrogen) atoms. The second kappa shape index (κ2) is 9.54. The highest BCUT2D eigenvalue weighted by molar-refractivity contribution is 5.85. The van der Waals surface area contributed by atoms with Crippen molar-refractivity contribution in [1.82, 2.24) is 10.6 Å². The van der Waals surface area contributed by atoms with Gasteiger partial charge in [0.05, 0.1) is 6.42 Å². The van der Waals surface area contributed by atoms with Crippen LogP contribution in [0.15, 0.2) is 24.3 Å². The Labute approximate surface area is 141 Å². The van der Waals surface area contributed by atoms with Gasteiger partial charge in [-0.2, -0.15) is 0 Å². The van der Waals surface area contributed by atoms with Crippen LogP contribution in [0.2, 0.25) is 0 Å². The number of carbonyl (C=O) groups excluding carboxylic acids is 2. The third-order valence-corrected chi connectivity index (χ3v) is 3.71. The van der Waals surface area contributed by atoms with Crippen LogP contribution in [0.3, 0.4) is 0 Å². The maximum absolute atomic E-state index is 12.1. The molecule has 0 spiro atoms. The van der Waals surface area contributed by atoms with Crippen LogP contribution in [-0.4, -0.2) is 42.6 Å². The minimum atomic E-state index is -1.04. The zero-order valence-electron chi connectivity index (χ0n) is 14.2. The average molecular weight is 336 g/mol. The molecule has 7 nitrogen and oxygen atoms in total. The summed E-state index contributed by atoms with van der Waals surface area (Å²) in [6, 6.07) is 5.89. The molecule has 7 heteroatoms. The lowest BCUT2D eigenvalue weighted by atomic mass is 9.99. The predicted molar refractivity (Wildman–Crippen MR) is 88.7 cm³/mol. The van der Waals surface area contributed by atoms with Gasteiger partial charge >= 0.3 is 5.97 Å². The number of nitrogens with one attached hydrogen (secondary N) is 2. The first-order chi connectivity index (χ1) is 11.4. The molecule has 0 aliphatic rings. The Balaban J connectivity index is 2.66. The van der Waals surface area contributed by atoms with Crippen molar-refractivity contribution in [2.24, 2.45) is 5.92 Å². The van der Waals surface area contributed by atoms with E-state index in [0.29, 0.717) is 17.7 Å². The Hall–Kier alpha value is -2.57. The highest BCUT2D eigenvalue weighted by Gasteiger charge is 2.25. The van der Waals surface area contributed by atoms with Crippen molar-refractivity contribution in [3.63, 3.8) is 0 Å². The molecule has 0 saturated heterocycles. The number of benzene rings is 1. The second-order valence-corrected chi connectivity index (χ2v) is 5.55. The average Bonchev–Trinajstić information content (AvgIpc) is 2.56. The topological polar surface area (TPSA) is 105 Å². The van der Waals surface area contributed by atoms with Gasteiger partial charge in [-0.05, 0) is 23.6 Å². The molecule has 1 aromatic carbocycles. The van der Waals surface area contributed by atoms with Gasteiger partial charge in [0.25, 0.3) is 5.91 Å². The largest absolute Gasteiger partial charge is 0.484 e. The molecular weight excluding hydrogens is 312 g/mol. The van der Waals surface area contributed by atoms with E-state index in [1.54, 1.807) is 31.2 Å². The lowest BCUT2D eigenvalue weighted by Crippen LogP contribution is -2.45. The number of amides is 2. The maximum Gasteiger partial charge on any atom is 0.326 e. The fourth-order valence-corrected chi connectivity index (χ4v) is 2.06. The van der Waals surface area contributed by atoms with Crippen LogP contribution >= 0.6 is 0 Å². The van der Waals surface area contributed by atoms with Gasteiger partial charge in [-0.1, -0.05) is 32.4 Å². The van der Waals surface area contributed by atoms with Crippen LogP contribution < -0.4 is 15.4 Å². The molecule has 2 atom stereocenters. The quantitative estimate of drug-likeness (QED) is 0.623. The van der Waals surface area contributed by atoms with Crippen molar-refractivity contribution in [1.29, 1.82) is 0 Å². The van der Waals surface area contributed by atoms with Gasteiger partial charge in [0.1, 0.15) is 11.8 Å². The number of carbonyl (C=O) groups is 3. The molecule has 0 heterocycles. The summed E-state index contributed by atoms with van der Waals surface area (Å²) in [6.07, 6.45) is 0.692. The van der Waals surface area contributed by atoms with Crippen LogP contribution in [0.4, 0.5) is 0 Å². The number of carboxylic acids is 1. The number of carboxylic acid groups (broad SMARTS) is 1. The minimum Gasteiger partial charge on any atom is -0.484 e. The lowest BCUT2D eigenvalue weighted by Gasteiger charge is -2.20. The van der Waals surface area contributed by atoms with Gasteiger partial charge in [0, 0.05) is 7.05 Å². The SMILES string of the molecule is CC[C@H](C)[C@H](NC(=O)Cc1cccc(OCC(=O)NC)c1)C(=O)O. The first kappa shape index (κ1) is 19.5. The fraction of sp³-hybridized carbons (Fsp3) is 0.471. The first-order valence-corrected chi connectivity index (χ1v) is 7.81. The monoisotopic (exact) mass is 336 g/mol. The van der Waals surface area contributed by atoms with Crippen molar-refractivity contribution in [2.75, 3.05) is 13.7 Å². The summed E-state index contributed by atoms with van der Waals surface area (Å²) in [5, 5.41) is 14.2. The Kier molecular flexibility index (Phi) is 7.74. The van der Waals surface area contributed by atoms with Crippen LogP contribution in [0.1, 0.15) is 25.8 Å². The molecule has 1 rings (SSSR count). The molecule has 132 valence electrons. The third-order valence-electron chi connectivity index (χ3n) is 3.71. The molecule has 0 aromatic heterocycles. The maximum atomic E-state index is 12.1. The van der Waals surface area contributed by atoms with Gasteiger partial charge < -0.3 is 20.5 Å². The van der Waals surface area contributed by atoms with E-state index in [1.165, 1.54) is 7.05 Å². The predicted octanol–water partition coefficient (Wildman–Crippen LogP) is 0.969. The van der Waals surface area contributed by atoms with Crippen LogP contribution in [0, 0.1) is 5.92 Å². The third kappa shape index (κ3) is 6.28. The standard InChI is InChI=1S/C17H24N2O5/c1-4-11(2)16(17(22)23)19-14(20)9-12-6-5-7-13(8-12)24-10-15(21)18-3/h5-8,11,16H,4,9-10H2,1-3H3,(H,18,21)(H,19,20)(H,22,23)/t11-,16-/m0/s1. The molecule has 0 saturated carbocycles. The zero-order chi connectivity index (χ0) is 18.1. The number of rotatable bonds is 9. The number of hydrogen-bond donors (Lipinski definition) is 3.